The second-order valence-electron chi connectivity index (χ2n) is 4.88. The molecule has 5 heteroatoms. The quantitative estimate of drug-likeness (QED) is 0.644. The molecule has 0 heterocycles. The van der Waals surface area contributed by atoms with E-state index in [1.165, 1.54) is 12.8 Å². The van der Waals surface area contributed by atoms with E-state index in [1.807, 2.05) is 6.92 Å². The van der Waals surface area contributed by atoms with Crippen LogP contribution in [-0.4, -0.2) is 25.0 Å². The fourth-order valence-electron chi connectivity index (χ4n) is 1.90. The van der Waals surface area contributed by atoms with Gasteiger partial charge >= 0.3 is 6.03 Å². The van der Waals surface area contributed by atoms with Gasteiger partial charge in [-0.2, -0.15) is 0 Å². The standard InChI is InChI=1S/C16H25N3O2/c1-3-5-6-7-12-18-16(21)19-14-10-8-13(9-11-14)15(20)17-4-2/h8-11H,3-7,12H2,1-2H3,(H,17,20)(H2,18,19,21). The van der Waals surface area contributed by atoms with Crippen molar-refractivity contribution in [3.05, 3.63) is 29.8 Å². The minimum atomic E-state index is -0.211. The van der Waals surface area contributed by atoms with E-state index < -0.39 is 0 Å². The molecule has 116 valence electrons. The Kier molecular flexibility index (Phi) is 7.94. The molecule has 0 spiro atoms. The van der Waals surface area contributed by atoms with Crippen molar-refractivity contribution >= 4 is 17.6 Å². The van der Waals surface area contributed by atoms with Gasteiger partial charge < -0.3 is 16.0 Å². The second kappa shape index (κ2) is 9.80. The molecule has 0 aliphatic carbocycles. The summed E-state index contributed by atoms with van der Waals surface area (Å²) in [4.78, 5) is 23.3. The van der Waals surface area contributed by atoms with Crippen LogP contribution in [0.1, 0.15) is 49.9 Å². The number of unbranched alkanes of at least 4 members (excludes halogenated alkanes) is 3. The average molecular weight is 291 g/mol. The molecule has 0 aliphatic rings. The minimum Gasteiger partial charge on any atom is -0.352 e. The van der Waals surface area contributed by atoms with E-state index in [1.54, 1.807) is 24.3 Å². The normalized spacial score (nSPS) is 10.0. The largest absolute Gasteiger partial charge is 0.352 e. The molecule has 0 radical (unpaired) electrons. The van der Waals surface area contributed by atoms with Crippen molar-refractivity contribution in [2.75, 3.05) is 18.4 Å². The topological polar surface area (TPSA) is 70.2 Å². The Morgan fingerprint density at radius 2 is 1.67 bits per heavy atom. The molecule has 0 atom stereocenters. The molecule has 0 bridgehead atoms. The molecule has 1 aromatic rings. The van der Waals surface area contributed by atoms with Crippen molar-refractivity contribution < 1.29 is 9.59 Å². The lowest BCUT2D eigenvalue weighted by Crippen LogP contribution is -2.29. The SMILES string of the molecule is CCCCCCNC(=O)Nc1ccc(C(=O)NCC)cc1. The van der Waals surface area contributed by atoms with E-state index in [9.17, 15) is 9.59 Å². The summed E-state index contributed by atoms with van der Waals surface area (Å²) < 4.78 is 0. The Hall–Kier alpha value is -2.04. The first-order valence-electron chi connectivity index (χ1n) is 7.60. The minimum absolute atomic E-state index is 0.107. The summed E-state index contributed by atoms with van der Waals surface area (Å²) in [5, 5.41) is 8.30. The molecule has 1 rings (SSSR count). The fraction of sp³-hybridized carbons (Fsp3) is 0.500. The summed E-state index contributed by atoms with van der Waals surface area (Å²) in [7, 11) is 0. The number of hydrogen-bond donors (Lipinski definition) is 3. The zero-order chi connectivity index (χ0) is 15.5. The Morgan fingerprint density at radius 1 is 0.952 bits per heavy atom. The maximum atomic E-state index is 11.7. The Labute approximate surface area is 126 Å². The van der Waals surface area contributed by atoms with Gasteiger partial charge in [0, 0.05) is 24.3 Å². The molecule has 3 amide bonds. The highest BCUT2D eigenvalue weighted by atomic mass is 16.2. The number of hydrogen-bond acceptors (Lipinski definition) is 2. The lowest BCUT2D eigenvalue weighted by Gasteiger charge is -2.08. The van der Waals surface area contributed by atoms with Crippen molar-refractivity contribution in [3.63, 3.8) is 0 Å². The van der Waals surface area contributed by atoms with Crippen LogP contribution in [0.15, 0.2) is 24.3 Å². The maximum absolute atomic E-state index is 11.7. The van der Waals surface area contributed by atoms with Gasteiger partial charge in [-0.25, -0.2) is 4.79 Å². The molecule has 21 heavy (non-hydrogen) atoms. The van der Waals surface area contributed by atoms with Crippen molar-refractivity contribution in [2.24, 2.45) is 0 Å². The van der Waals surface area contributed by atoms with Crippen LogP contribution >= 0.6 is 0 Å². The first kappa shape index (κ1) is 17.0. The lowest BCUT2D eigenvalue weighted by atomic mass is 10.2. The number of amides is 3. The number of urea groups is 1. The lowest BCUT2D eigenvalue weighted by molar-refractivity contribution is 0.0956. The Morgan fingerprint density at radius 3 is 2.29 bits per heavy atom. The number of carbonyl (C=O) groups excluding carboxylic acids is 2. The second-order valence-corrected chi connectivity index (χ2v) is 4.88. The molecule has 1 aromatic carbocycles. The van der Waals surface area contributed by atoms with E-state index in [0.717, 1.165) is 12.8 Å². The number of benzene rings is 1. The van der Waals surface area contributed by atoms with E-state index in [4.69, 9.17) is 0 Å². The predicted octanol–water partition coefficient (Wildman–Crippen LogP) is 3.14. The van der Waals surface area contributed by atoms with Gasteiger partial charge in [0.1, 0.15) is 0 Å². The molecular formula is C16H25N3O2. The summed E-state index contributed by atoms with van der Waals surface area (Å²) in [6, 6.07) is 6.63. The first-order chi connectivity index (χ1) is 10.2. The van der Waals surface area contributed by atoms with Crippen molar-refractivity contribution in [1.29, 1.82) is 0 Å². The summed E-state index contributed by atoms with van der Waals surface area (Å²) in [6.45, 7) is 5.31. The van der Waals surface area contributed by atoms with Gasteiger partial charge in [0.25, 0.3) is 5.91 Å². The molecule has 0 unspecified atom stereocenters. The van der Waals surface area contributed by atoms with Crippen molar-refractivity contribution in [3.8, 4) is 0 Å². The smallest absolute Gasteiger partial charge is 0.319 e. The van der Waals surface area contributed by atoms with Crippen LogP contribution in [0, 0.1) is 0 Å². The van der Waals surface area contributed by atoms with Gasteiger partial charge in [-0.1, -0.05) is 26.2 Å². The molecule has 0 saturated heterocycles. The number of anilines is 1. The fourth-order valence-corrected chi connectivity index (χ4v) is 1.90. The molecular weight excluding hydrogens is 266 g/mol. The summed E-state index contributed by atoms with van der Waals surface area (Å²) in [5.74, 6) is -0.107. The van der Waals surface area contributed by atoms with Crippen LogP contribution < -0.4 is 16.0 Å². The highest BCUT2D eigenvalue weighted by Gasteiger charge is 2.05. The Bertz CT molecular complexity index is 443. The van der Waals surface area contributed by atoms with Gasteiger partial charge in [0.15, 0.2) is 0 Å². The number of nitrogens with one attached hydrogen (secondary N) is 3. The van der Waals surface area contributed by atoms with Crippen LogP contribution in [-0.2, 0) is 0 Å². The number of rotatable bonds is 8. The average Bonchev–Trinajstić information content (AvgIpc) is 2.48. The van der Waals surface area contributed by atoms with Gasteiger partial charge in [0.2, 0.25) is 0 Å². The summed E-state index contributed by atoms with van der Waals surface area (Å²) in [6.07, 6.45) is 4.52. The van der Waals surface area contributed by atoms with Crippen LogP contribution in [0.5, 0.6) is 0 Å². The van der Waals surface area contributed by atoms with Crippen molar-refractivity contribution in [1.82, 2.24) is 10.6 Å². The number of carbonyl (C=O) groups is 2. The van der Waals surface area contributed by atoms with Crippen LogP contribution in [0.3, 0.4) is 0 Å². The van der Waals surface area contributed by atoms with Crippen LogP contribution in [0.2, 0.25) is 0 Å². The van der Waals surface area contributed by atoms with Gasteiger partial charge in [0.05, 0.1) is 0 Å². The third-order valence-electron chi connectivity index (χ3n) is 3.06. The molecule has 0 saturated carbocycles. The summed E-state index contributed by atoms with van der Waals surface area (Å²) in [5.41, 5.74) is 1.26. The molecule has 3 N–H and O–H groups in total. The highest BCUT2D eigenvalue weighted by molar-refractivity contribution is 5.95. The Balaban J connectivity index is 2.34. The van der Waals surface area contributed by atoms with Gasteiger partial charge in [-0.05, 0) is 37.6 Å². The van der Waals surface area contributed by atoms with Gasteiger partial charge in [-0.15, -0.1) is 0 Å². The molecule has 0 fully saturated rings. The third-order valence-corrected chi connectivity index (χ3v) is 3.06. The van der Waals surface area contributed by atoms with Crippen LogP contribution in [0.4, 0.5) is 10.5 Å². The van der Waals surface area contributed by atoms with E-state index >= 15 is 0 Å². The summed E-state index contributed by atoms with van der Waals surface area (Å²) >= 11 is 0. The van der Waals surface area contributed by atoms with Crippen molar-refractivity contribution in [2.45, 2.75) is 39.5 Å². The van der Waals surface area contributed by atoms with E-state index in [2.05, 4.69) is 22.9 Å². The van der Waals surface area contributed by atoms with Crippen LogP contribution in [0.25, 0.3) is 0 Å². The molecule has 0 aromatic heterocycles. The zero-order valence-corrected chi connectivity index (χ0v) is 12.9. The first-order valence-corrected chi connectivity index (χ1v) is 7.60. The maximum Gasteiger partial charge on any atom is 0.319 e. The third kappa shape index (κ3) is 6.79. The monoisotopic (exact) mass is 291 g/mol. The van der Waals surface area contributed by atoms with E-state index in [0.29, 0.717) is 24.3 Å². The predicted molar refractivity (Wildman–Crippen MR) is 85.6 cm³/mol. The zero-order valence-electron chi connectivity index (χ0n) is 12.9. The van der Waals surface area contributed by atoms with E-state index in [-0.39, 0.29) is 11.9 Å². The highest BCUT2D eigenvalue weighted by Crippen LogP contribution is 2.09. The molecule has 0 aliphatic heterocycles. The molecule has 5 nitrogen and oxygen atoms in total. The van der Waals surface area contributed by atoms with Gasteiger partial charge in [-0.3, -0.25) is 4.79 Å².